The van der Waals surface area contributed by atoms with Crippen molar-refractivity contribution in [2.24, 2.45) is 5.92 Å². The zero-order valence-electron chi connectivity index (χ0n) is 8.21. The third-order valence-electron chi connectivity index (χ3n) is 3.33. The predicted octanol–water partition coefficient (Wildman–Crippen LogP) is 1.89. The van der Waals surface area contributed by atoms with Crippen molar-refractivity contribution < 1.29 is 4.39 Å². The molecule has 2 fully saturated rings. The van der Waals surface area contributed by atoms with Crippen molar-refractivity contribution in [2.45, 2.75) is 6.04 Å². The molecular weight excluding hydrogens is 215 g/mol. The van der Waals surface area contributed by atoms with Gasteiger partial charge in [-0.05, 0) is 18.2 Å². The summed E-state index contributed by atoms with van der Waals surface area (Å²) in [4.78, 5) is 2.10. The number of fused-ring (bicyclic) bond motifs is 1. The van der Waals surface area contributed by atoms with Gasteiger partial charge >= 0.3 is 0 Å². The van der Waals surface area contributed by atoms with Gasteiger partial charge in [0.05, 0.1) is 5.69 Å². The second kappa shape index (κ2) is 3.35. The molecule has 0 bridgehead atoms. The highest BCUT2D eigenvalue weighted by Crippen LogP contribution is 2.30. The van der Waals surface area contributed by atoms with E-state index in [0.717, 1.165) is 19.6 Å². The summed E-state index contributed by atoms with van der Waals surface area (Å²) in [6.07, 6.45) is 0. The molecule has 0 aromatic heterocycles. The van der Waals surface area contributed by atoms with E-state index in [1.807, 2.05) is 0 Å². The first-order chi connectivity index (χ1) is 7.24. The van der Waals surface area contributed by atoms with E-state index < -0.39 is 0 Å². The number of anilines is 1. The molecule has 1 N–H and O–H groups in total. The van der Waals surface area contributed by atoms with Crippen LogP contribution in [0.1, 0.15) is 0 Å². The lowest BCUT2D eigenvalue weighted by Crippen LogP contribution is -2.51. The Morgan fingerprint density at radius 2 is 2.27 bits per heavy atom. The highest BCUT2D eigenvalue weighted by Gasteiger charge is 2.39. The first kappa shape index (κ1) is 9.43. The minimum absolute atomic E-state index is 0.219. The Balaban J connectivity index is 1.86. The van der Waals surface area contributed by atoms with Crippen molar-refractivity contribution in [2.75, 3.05) is 24.5 Å². The number of nitrogens with zero attached hydrogens (tertiary/aromatic N) is 1. The standard InChI is InChI=1S/C11H12ClFN2/c12-8-1-2-11(9(13)3-8)15-5-7-4-14-10(7)6-15/h1-3,7,10,14H,4-6H2. The quantitative estimate of drug-likeness (QED) is 0.787. The van der Waals surface area contributed by atoms with E-state index >= 15 is 0 Å². The summed E-state index contributed by atoms with van der Waals surface area (Å²) in [5.41, 5.74) is 0.676. The van der Waals surface area contributed by atoms with Crippen LogP contribution in [-0.4, -0.2) is 25.7 Å². The van der Waals surface area contributed by atoms with Gasteiger partial charge in [0.2, 0.25) is 0 Å². The fourth-order valence-corrected chi connectivity index (χ4v) is 2.54. The van der Waals surface area contributed by atoms with Gasteiger partial charge in [0.25, 0.3) is 0 Å². The maximum atomic E-state index is 13.6. The highest BCUT2D eigenvalue weighted by atomic mass is 35.5. The van der Waals surface area contributed by atoms with Gasteiger partial charge in [-0.3, -0.25) is 0 Å². The number of rotatable bonds is 1. The largest absolute Gasteiger partial charge is 0.367 e. The summed E-state index contributed by atoms with van der Waals surface area (Å²) in [7, 11) is 0. The summed E-state index contributed by atoms with van der Waals surface area (Å²) < 4.78 is 13.6. The second-order valence-electron chi connectivity index (χ2n) is 4.28. The summed E-state index contributed by atoms with van der Waals surface area (Å²) in [5.74, 6) is 0.476. The molecule has 2 aliphatic heterocycles. The molecule has 1 aromatic rings. The van der Waals surface area contributed by atoms with Crippen LogP contribution in [0.15, 0.2) is 18.2 Å². The Hall–Kier alpha value is -0.800. The monoisotopic (exact) mass is 226 g/mol. The van der Waals surface area contributed by atoms with Crippen molar-refractivity contribution in [1.29, 1.82) is 0 Å². The Morgan fingerprint density at radius 3 is 2.80 bits per heavy atom. The lowest BCUT2D eigenvalue weighted by molar-refractivity contribution is 0.297. The Bertz CT molecular complexity index is 384. The Labute approximate surface area is 93.0 Å². The van der Waals surface area contributed by atoms with Crippen LogP contribution in [0.25, 0.3) is 0 Å². The van der Waals surface area contributed by atoms with E-state index in [9.17, 15) is 4.39 Å². The van der Waals surface area contributed by atoms with Crippen molar-refractivity contribution in [3.8, 4) is 0 Å². The fourth-order valence-electron chi connectivity index (χ4n) is 2.39. The number of hydrogen-bond donors (Lipinski definition) is 1. The molecule has 0 amide bonds. The smallest absolute Gasteiger partial charge is 0.147 e. The van der Waals surface area contributed by atoms with Gasteiger partial charge < -0.3 is 10.2 Å². The fraction of sp³-hybridized carbons (Fsp3) is 0.455. The zero-order chi connectivity index (χ0) is 10.4. The molecule has 3 rings (SSSR count). The van der Waals surface area contributed by atoms with Crippen molar-refractivity contribution in [3.05, 3.63) is 29.0 Å². The SMILES string of the molecule is Fc1cc(Cl)ccc1N1CC2CNC2C1. The summed E-state index contributed by atoms with van der Waals surface area (Å²) in [5, 5.41) is 3.80. The molecule has 0 radical (unpaired) electrons. The maximum Gasteiger partial charge on any atom is 0.147 e. The van der Waals surface area contributed by atoms with Crippen molar-refractivity contribution in [1.82, 2.24) is 5.32 Å². The minimum Gasteiger partial charge on any atom is -0.367 e. The van der Waals surface area contributed by atoms with Crippen LogP contribution in [0.4, 0.5) is 10.1 Å². The molecule has 2 unspecified atom stereocenters. The summed E-state index contributed by atoms with van der Waals surface area (Å²) in [6, 6.07) is 5.45. The van der Waals surface area contributed by atoms with Crippen molar-refractivity contribution in [3.63, 3.8) is 0 Å². The van der Waals surface area contributed by atoms with Gasteiger partial charge in [0.15, 0.2) is 0 Å². The first-order valence-corrected chi connectivity index (χ1v) is 5.55. The summed E-state index contributed by atoms with van der Waals surface area (Å²) in [6.45, 7) is 2.93. The van der Waals surface area contributed by atoms with Gasteiger partial charge in [0.1, 0.15) is 5.82 Å². The van der Waals surface area contributed by atoms with Crippen LogP contribution in [0, 0.1) is 11.7 Å². The zero-order valence-corrected chi connectivity index (χ0v) is 8.97. The van der Waals surface area contributed by atoms with Gasteiger partial charge in [-0.1, -0.05) is 11.6 Å². The molecule has 4 heteroatoms. The van der Waals surface area contributed by atoms with E-state index in [1.54, 1.807) is 12.1 Å². The molecule has 2 nitrogen and oxygen atoms in total. The summed E-state index contributed by atoms with van der Waals surface area (Å²) >= 11 is 5.72. The van der Waals surface area contributed by atoms with Gasteiger partial charge in [-0.2, -0.15) is 0 Å². The van der Waals surface area contributed by atoms with Crippen LogP contribution in [0.2, 0.25) is 5.02 Å². The predicted molar refractivity (Wildman–Crippen MR) is 58.9 cm³/mol. The number of benzene rings is 1. The van der Waals surface area contributed by atoms with Gasteiger partial charge in [-0.15, -0.1) is 0 Å². The molecule has 2 heterocycles. The van der Waals surface area contributed by atoms with Crippen molar-refractivity contribution >= 4 is 17.3 Å². The molecule has 2 aliphatic rings. The highest BCUT2D eigenvalue weighted by molar-refractivity contribution is 6.30. The maximum absolute atomic E-state index is 13.6. The molecule has 2 atom stereocenters. The van der Waals surface area contributed by atoms with E-state index in [2.05, 4.69) is 10.2 Å². The lowest BCUT2D eigenvalue weighted by atomic mass is 9.96. The third-order valence-corrected chi connectivity index (χ3v) is 3.57. The molecule has 2 saturated heterocycles. The van der Waals surface area contributed by atoms with Gasteiger partial charge in [0, 0.05) is 36.6 Å². The number of halogens is 2. The molecule has 15 heavy (non-hydrogen) atoms. The molecule has 80 valence electrons. The molecule has 0 saturated carbocycles. The molecular formula is C11H12ClFN2. The first-order valence-electron chi connectivity index (χ1n) is 5.17. The van der Waals surface area contributed by atoms with Crippen LogP contribution < -0.4 is 10.2 Å². The molecule has 1 aromatic carbocycles. The van der Waals surface area contributed by atoms with E-state index in [0.29, 0.717) is 22.7 Å². The molecule has 0 spiro atoms. The second-order valence-corrected chi connectivity index (χ2v) is 4.71. The van der Waals surface area contributed by atoms with Gasteiger partial charge in [-0.25, -0.2) is 4.39 Å². The molecule has 0 aliphatic carbocycles. The van der Waals surface area contributed by atoms with Crippen LogP contribution >= 0.6 is 11.6 Å². The minimum atomic E-state index is -0.219. The average molecular weight is 227 g/mol. The normalized spacial score (nSPS) is 28.8. The number of nitrogens with one attached hydrogen (secondary N) is 1. The average Bonchev–Trinajstić information content (AvgIpc) is 2.44. The van der Waals surface area contributed by atoms with Crippen LogP contribution in [-0.2, 0) is 0 Å². The Morgan fingerprint density at radius 1 is 1.40 bits per heavy atom. The lowest BCUT2D eigenvalue weighted by Gasteiger charge is -2.29. The topological polar surface area (TPSA) is 15.3 Å². The van der Waals surface area contributed by atoms with E-state index in [1.165, 1.54) is 6.07 Å². The van der Waals surface area contributed by atoms with Crippen LogP contribution in [0.3, 0.4) is 0 Å². The Kier molecular flexibility index (Phi) is 2.11. The van der Waals surface area contributed by atoms with Crippen LogP contribution in [0.5, 0.6) is 0 Å². The number of hydrogen-bond acceptors (Lipinski definition) is 2. The van der Waals surface area contributed by atoms with E-state index in [4.69, 9.17) is 11.6 Å². The third kappa shape index (κ3) is 1.50. The van der Waals surface area contributed by atoms with E-state index in [-0.39, 0.29) is 5.82 Å².